The number of sulfone groups is 1. The van der Waals surface area contributed by atoms with Gasteiger partial charge in [0.1, 0.15) is 10.7 Å². The summed E-state index contributed by atoms with van der Waals surface area (Å²) in [6.07, 6.45) is -0.501. The maximum atomic E-state index is 14.6. The van der Waals surface area contributed by atoms with Gasteiger partial charge in [-0.05, 0) is 30.7 Å². The summed E-state index contributed by atoms with van der Waals surface area (Å²) in [5.74, 6) is -2.28. The normalized spacial score (nSPS) is 15.9. The lowest BCUT2D eigenvalue weighted by molar-refractivity contribution is -0.385. The first kappa shape index (κ1) is 18.6. The zero-order chi connectivity index (χ0) is 19.9. The predicted molar refractivity (Wildman–Crippen MR) is 90.9 cm³/mol. The van der Waals surface area contributed by atoms with Gasteiger partial charge in [-0.15, -0.1) is 0 Å². The Morgan fingerprint density at radius 3 is 2.67 bits per heavy atom. The van der Waals surface area contributed by atoms with Crippen molar-refractivity contribution in [2.75, 3.05) is 0 Å². The summed E-state index contributed by atoms with van der Waals surface area (Å²) >= 11 is 0. The quantitative estimate of drug-likeness (QED) is 0.602. The minimum atomic E-state index is -4.50. The second kappa shape index (κ2) is 6.54. The Morgan fingerprint density at radius 1 is 1.33 bits per heavy atom. The van der Waals surface area contributed by atoms with Crippen LogP contribution in [-0.4, -0.2) is 30.5 Å². The van der Waals surface area contributed by atoms with Crippen molar-refractivity contribution < 1.29 is 27.6 Å². The fraction of sp³-hybridized carbons (Fsp3) is 0.176. The number of carbonyl (C=O) groups is 1. The molecule has 0 aromatic heterocycles. The number of non-ortho nitro benzene ring substituents is 1. The van der Waals surface area contributed by atoms with Crippen molar-refractivity contribution in [1.82, 2.24) is 0 Å². The molecule has 0 saturated carbocycles. The highest BCUT2D eigenvalue weighted by Gasteiger charge is 2.30. The van der Waals surface area contributed by atoms with Gasteiger partial charge in [-0.3, -0.25) is 19.9 Å². The molecule has 1 N–H and O–H groups in total. The molecule has 0 aliphatic carbocycles. The summed E-state index contributed by atoms with van der Waals surface area (Å²) in [4.78, 5) is 24.4. The first-order valence-electron chi connectivity index (χ1n) is 7.73. The highest BCUT2D eigenvalue weighted by atomic mass is 32.2. The summed E-state index contributed by atoms with van der Waals surface area (Å²) in [5, 5.41) is 20.1. The van der Waals surface area contributed by atoms with Crippen LogP contribution in [0, 0.1) is 15.9 Å². The molecule has 0 amide bonds. The zero-order valence-corrected chi connectivity index (χ0v) is 14.7. The molecule has 2 aromatic rings. The van der Waals surface area contributed by atoms with E-state index < -0.39 is 54.5 Å². The number of rotatable bonds is 5. The van der Waals surface area contributed by atoms with Crippen molar-refractivity contribution >= 4 is 27.1 Å². The summed E-state index contributed by atoms with van der Waals surface area (Å²) < 4.78 is 40.7. The number of carboxylic acid groups (broad SMARTS) is 1. The number of fused-ring (bicyclic) bond motifs is 1. The SMILES string of the molecule is CC1N=c2ccc(F)c(S(=O)(=O)c3cccc([N+](=O)[O-])c3)c2=C1CC(=O)O. The number of halogens is 1. The smallest absolute Gasteiger partial charge is 0.307 e. The van der Waals surface area contributed by atoms with Gasteiger partial charge in [0.2, 0.25) is 9.84 Å². The topological polar surface area (TPSA) is 127 Å². The lowest BCUT2D eigenvalue weighted by Gasteiger charge is -2.09. The monoisotopic (exact) mass is 392 g/mol. The minimum absolute atomic E-state index is 0.0867. The van der Waals surface area contributed by atoms with Gasteiger partial charge in [0.05, 0.1) is 27.6 Å². The number of nitrogens with zero attached hydrogens (tertiary/aromatic N) is 2. The zero-order valence-electron chi connectivity index (χ0n) is 13.9. The molecule has 10 heteroatoms. The van der Waals surface area contributed by atoms with E-state index in [4.69, 9.17) is 5.11 Å². The lowest BCUT2D eigenvalue weighted by atomic mass is 10.0. The van der Waals surface area contributed by atoms with Crippen LogP contribution in [0.2, 0.25) is 0 Å². The number of carboxylic acids is 1. The lowest BCUT2D eigenvalue weighted by Crippen LogP contribution is -2.32. The van der Waals surface area contributed by atoms with Crippen molar-refractivity contribution in [3.63, 3.8) is 0 Å². The van der Waals surface area contributed by atoms with Crippen LogP contribution in [0.4, 0.5) is 10.1 Å². The molecule has 27 heavy (non-hydrogen) atoms. The Labute approximate surface area is 152 Å². The minimum Gasteiger partial charge on any atom is -0.481 e. The van der Waals surface area contributed by atoms with E-state index in [2.05, 4.69) is 4.99 Å². The van der Waals surface area contributed by atoms with Gasteiger partial charge in [0.15, 0.2) is 0 Å². The average Bonchev–Trinajstić information content (AvgIpc) is 2.90. The number of nitro benzene ring substituents is 1. The molecule has 140 valence electrons. The number of nitro groups is 1. The molecule has 2 aromatic carbocycles. The van der Waals surface area contributed by atoms with Crippen LogP contribution in [0.25, 0.3) is 5.57 Å². The summed E-state index contributed by atoms with van der Waals surface area (Å²) in [6.45, 7) is 1.58. The van der Waals surface area contributed by atoms with Crippen LogP contribution in [0.5, 0.6) is 0 Å². The highest BCUT2D eigenvalue weighted by Crippen LogP contribution is 2.25. The van der Waals surface area contributed by atoms with Gasteiger partial charge < -0.3 is 5.11 Å². The molecule has 1 heterocycles. The molecule has 0 spiro atoms. The van der Waals surface area contributed by atoms with Crippen molar-refractivity contribution in [3.8, 4) is 0 Å². The largest absolute Gasteiger partial charge is 0.481 e. The van der Waals surface area contributed by atoms with E-state index in [1.54, 1.807) is 6.92 Å². The molecule has 1 aliphatic rings. The molecule has 8 nitrogen and oxygen atoms in total. The van der Waals surface area contributed by atoms with Crippen LogP contribution in [0.3, 0.4) is 0 Å². The second-order valence-electron chi connectivity index (χ2n) is 5.93. The first-order valence-corrected chi connectivity index (χ1v) is 9.22. The maximum absolute atomic E-state index is 14.6. The third-order valence-electron chi connectivity index (χ3n) is 4.19. The average molecular weight is 392 g/mol. The number of hydrogen-bond acceptors (Lipinski definition) is 6. The van der Waals surface area contributed by atoms with E-state index in [-0.39, 0.29) is 16.1 Å². The van der Waals surface area contributed by atoms with E-state index in [1.165, 1.54) is 12.1 Å². The Balaban J connectivity index is 2.37. The molecule has 1 atom stereocenters. The Hall–Kier alpha value is -3.14. The fourth-order valence-electron chi connectivity index (χ4n) is 3.00. The Morgan fingerprint density at radius 2 is 2.04 bits per heavy atom. The van der Waals surface area contributed by atoms with Crippen molar-refractivity contribution in [2.24, 2.45) is 4.99 Å². The van der Waals surface area contributed by atoms with Gasteiger partial charge >= 0.3 is 5.97 Å². The van der Waals surface area contributed by atoms with E-state index in [0.717, 1.165) is 24.3 Å². The third kappa shape index (κ3) is 3.19. The van der Waals surface area contributed by atoms with Crippen LogP contribution >= 0.6 is 0 Å². The van der Waals surface area contributed by atoms with Crippen LogP contribution < -0.4 is 10.6 Å². The summed E-state index contributed by atoms with van der Waals surface area (Å²) in [7, 11) is -4.50. The van der Waals surface area contributed by atoms with Crippen molar-refractivity contribution in [3.05, 3.63) is 62.9 Å². The molecule has 1 aliphatic heterocycles. The van der Waals surface area contributed by atoms with E-state index in [9.17, 15) is 27.7 Å². The molecular formula is C17H13FN2O6S. The highest BCUT2D eigenvalue weighted by molar-refractivity contribution is 7.91. The number of aliphatic carboxylic acids is 1. The Bertz CT molecular complexity index is 1210. The third-order valence-corrected chi connectivity index (χ3v) is 6.01. The van der Waals surface area contributed by atoms with Crippen molar-refractivity contribution in [1.29, 1.82) is 0 Å². The van der Waals surface area contributed by atoms with E-state index in [1.807, 2.05) is 0 Å². The summed E-state index contributed by atoms with van der Waals surface area (Å²) in [5.41, 5.74) is -0.294. The standard InChI is InChI=1S/C17H13FN2O6S/c1-9-12(8-15(21)22)16-14(19-9)6-5-13(18)17(16)27(25,26)11-4-2-3-10(7-11)20(23)24/h2-7,9H,8H2,1H3,(H,21,22). The molecule has 1 unspecified atom stereocenters. The van der Waals surface area contributed by atoms with Gasteiger partial charge in [0.25, 0.3) is 5.69 Å². The van der Waals surface area contributed by atoms with Gasteiger partial charge in [-0.25, -0.2) is 12.8 Å². The molecule has 3 rings (SSSR count). The number of benzene rings is 2. The fourth-order valence-corrected chi connectivity index (χ4v) is 4.60. The van der Waals surface area contributed by atoms with Crippen LogP contribution in [0.15, 0.2) is 51.2 Å². The Kier molecular flexibility index (Phi) is 4.52. The van der Waals surface area contributed by atoms with Gasteiger partial charge in [0, 0.05) is 17.4 Å². The van der Waals surface area contributed by atoms with E-state index >= 15 is 0 Å². The van der Waals surface area contributed by atoms with E-state index in [0.29, 0.717) is 0 Å². The molecule has 0 fully saturated rings. The summed E-state index contributed by atoms with van der Waals surface area (Å²) in [6, 6.07) is 5.84. The number of hydrogen-bond donors (Lipinski definition) is 1. The predicted octanol–water partition coefficient (Wildman–Crippen LogP) is 1.21. The van der Waals surface area contributed by atoms with Gasteiger partial charge in [-0.1, -0.05) is 6.07 Å². The molecule has 0 bridgehead atoms. The molecule has 0 saturated heterocycles. The first-order chi connectivity index (χ1) is 12.6. The van der Waals surface area contributed by atoms with Crippen LogP contribution in [-0.2, 0) is 14.6 Å². The second-order valence-corrected chi connectivity index (χ2v) is 7.82. The van der Waals surface area contributed by atoms with Crippen molar-refractivity contribution in [2.45, 2.75) is 29.2 Å². The molecular weight excluding hydrogens is 379 g/mol. The molecule has 0 radical (unpaired) electrons. The van der Waals surface area contributed by atoms with Crippen LogP contribution in [0.1, 0.15) is 13.3 Å². The maximum Gasteiger partial charge on any atom is 0.307 e. The van der Waals surface area contributed by atoms with Gasteiger partial charge in [-0.2, -0.15) is 0 Å².